The van der Waals surface area contributed by atoms with Gasteiger partial charge in [-0.25, -0.2) is 0 Å². The van der Waals surface area contributed by atoms with E-state index in [0.717, 1.165) is 36.4 Å². The van der Waals surface area contributed by atoms with Crippen molar-refractivity contribution in [1.29, 1.82) is 0 Å². The first-order valence-corrected chi connectivity index (χ1v) is 10.4. The number of amides is 1. The normalized spacial score (nSPS) is 15.8. The van der Waals surface area contributed by atoms with E-state index in [-0.39, 0.29) is 11.2 Å². The number of likely N-dealkylation sites (tertiary alicyclic amines) is 1. The molecule has 1 amide bonds. The first kappa shape index (κ1) is 17.3. The van der Waals surface area contributed by atoms with Crippen molar-refractivity contribution in [2.45, 2.75) is 29.7 Å². The van der Waals surface area contributed by atoms with Gasteiger partial charge in [0.2, 0.25) is 5.91 Å². The number of aromatic nitrogens is 2. The second kappa shape index (κ2) is 8.05. The molecule has 0 radical (unpaired) electrons. The molecule has 0 aliphatic carbocycles. The maximum Gasteiger partial charge on any atom is 0.278 e. The lowest BCUT2D eigenvalue weighted by atomic mass is 10.1. The van der Waals surface area contributed by atoms with E-state index >= 15 is 0 Å². The zero-order valence-corrected chi connectivity index (χ0v) is 15.8. The second-order valence-corrected chi connectivity index (χ2v) is 8.15. The van der Waals surface area contributed by atoms with E-state index < -0.39 is 0 Å². The molecule has 3 heterocycles. The summed E-state index contributed by atoms with van der Waals surface area (Å²) in [6.45, 7) is 1.65. The fourth-order valence-corrected chi connectivity index (χ4v) is 4.63. The molecule has 0 spiro atoms. The smallest absolute Gasteiger partial charge is 0.278 e. The van der Waals surface area contributed by atoms with Crippen LogP contribution in [0.4, 0.5) is 0 Å². The number of hydrogen-bond acceptors (Lipinski definition) is 6. The fraction of sp³-hybridized carbons (Fsp3) is 0.316. The SMILES string of the molecule is O=C([C@H](Sc1nnc(-c2cccs2)o1)c1ccccc1)N1CCCCC1. The van der Waals surface area contributed by atoms with Crippen LogP contribution < -0.4 is 0 Å². The van der Waals surface area contributed by atoms with E-state index in [0.29, 0.717) is 11.1 Å². The summed E-state index contributed by atoms with van der Waals surface area (Å²) >= 11 is 2.89. The lowest BCUT2D eigenvalue weighted by molar-refractivity contribution is -0.131. The Hall–Kier alpha value is -2.12. The van der Waals surface area contributed by atoms with Crippen molar-refractivity contribution in [3.63, 3.8) is 0 Å². The minimum Gasteiger partial charge on any atom is -0.410 e. The van der Waals surface area contributed by atoms with Crippen molar-refractivity contribution < 1.29 is 9.21 Å². The number of carbonyl (C=O) groups excluding carboxylic acids is 1. The molecule has 4 rings (SSSR count). The van der Waals surface area contributed by atoms with Crippen LogP contribution in [-0.4, -0.2) is 34.1 Å². The third kappa shape index (κ3) is 3.83. The average molecular weight is 386 g/mol. The Morgan fingerprint density at radius 1 is 1.08 bits per heavy atom. The number of nitrogens with zero attached hydrogens (tertiary/aromatic N) is 3. The van der Waals surface area contributed by atoms with Crippen LogP contribution in [0, 0.1) is 0 Å². The molecule has 1 aromatic carbocycles. The Morgan fingerprint density at radius 2 is 1.88 bits per heavy atom. The molecule has 3 aromatic rings. The topological polar surface area (TPSA) is 59.2 Å². The van der Waals surface area contributed by atoms with E-state index in [9.17, 15) is 4.79 Å². The van der Waals surface area contributed by atoms with Crippen LogP contribution >= 0.6 is 23.1 Å². The molecule has 1 saturated heterocycles. The number of carbonyl (C=O) groups is 1. The van der Waals surface area contributed by atoms with Crippen molar-refractivity contribution in [1.82, 2.24) is 15.1 Å². The van der Waals surface area contributed by atoms with Gasteiger partial charge in [0.15, 0.2) is 0 Å². The second-order valence-electron chi connectivity index (χ2n) is 6.14. The fourth-order valence-electron chi connectivity index (χ4n) is 3.03. The van der Waals surface area contributed by atoms with Crippen molar-refractivity contribution in [3.05, 3.63) is 53.4 Å². The molecular weight excluding hydrogens is 366 g/mol. The van der Waals surface area contributed by atoms with E-state index in [1.807, 2.05) is 52.7 Å². The third-order valence-electron chi connectivity index (χ3n) is 4.35. The lowest BCUT2D eigenvalue weighted by Crippen LogP contribution is -2.38. The molecule has 134 valence electrons. The van der Waals surface area contributed by atoms with E-state index in [1.165, 1.54) is 18.2 Å². The first-order valence-electron chi connectivity index (χ1n) is 8.69. The van der Waals surface area contributed by atoms with Gasteiger partial charge in [-0.05, 0) is 48.0 Å². The minimum absolute atomic E-state index is 0.122. The molecule has 0 bridgehead atoms. The van der Waals surface area contributed by atoms with Crippen LogP contribution in [0.2, 0.25) is 0 Å². The number of thiophene rings is 1. The number of hydrogen-bond donors (Lipinski definition) is 0. The number of thioether (sulfide) groups is 1. The Kier molecular flexibility index (Phi) is 5.36. The molecular formula is C19H19N3O2S2. The number of benzene rings is 1. The summed E-state index contributed by atoms with van der Waals surface area (Å²) in [6, 6.07) is 13.7. The molecule has 26 heavy (non-hydrogen) atoms. The molecule has 7 heteroatoms. The lowest BCUT2D eigenvalue weighted by Gasteiger charge is -2.29. The van der Waals surface area contributed by atoms with Crippen LogP contribution in [0.5, 0.6) is 0 Å². The molecule has 1 aliphatic heterocycles. The van der Waals surface area contributed by atoms with Gasteiger partial charge in [0.05, 0.1) is 4.88 Å². The van der Waals surface area contributed by atoms with Gasteiger partial charge < -0.3 is 9.32 Å². The maximum atomic E-state index is 13.2. The molecule has 5 nitrogen and oxygen atoms in total. The Labute approximate surface area is 160 Å². The van der Waals surface area contributed by atoms with E-state index in [2.05, 4.69) is 10.2 Å². The summed E-state index contributed by atoms with van der Waals surface area (Å²) in [4.78, 5) is 16.1. The highest BCUT2D eigenvalue weighted by atomic mass is 32.2. The van der Waals surface area contributed by atoms with Gasteiger partial charge in [-0.15, -0.1) is 21.5 Å². The van der Waals surface area contributed by atoms with Gasteiger partial charge in [0.1, 0.15) is 5.25 Å². The maximum absolute atomic E-state index is 13.2. The Balaban J connectivity index is 1.58. The standard InChI is InChI=1S/C19H19N3O2S2/c23-18(22-11-5-2-6-12-22)16(14-8-3-1-4-9-14)26-19-21-20-17(24-19)15-10-7-13-25-15/h1,3-4,7-10,13,16H,2,5-6,11-12H2/t16-/m1/s1. The molecule has 1 aliphatic rings. The average Bonchev–Trinajstić information content (AvgIpc) is 3.39. The molecule has 1 atom stereocenters. The summed E-state index contributed by atoms with van der Waals surface area (Å²) < 4.78 is 5.80. The van der Waals surface area contributed by atoms with Crippen LogP contribution in [0.1, 0.15) is 30.1 Å². The highest BCUT2D eigenvalue weighted by Crippen LogP contribution is 2.38. The van der Waals surface area contributed by atoms with Gasteiger partial charge in [-0.3, -0.25) is 4.79 Å². The van der Waals surface area contributed by atoms with E-state index in [1.54, 1.807) is 11.3 Å². The monoisotopic (exact) mass is 385 g/mol. The predicted molar refractivity (Wildman–Crippen MR) is 103 cm³/mol. The van der Waals surface area contributed by atoms with Crippen molar-refractivity contribution in [3.8, 4) is 10.8 Å². The zero-order chi connectivity index (χ0) is 17.8. The first-order chi connectivity index (χ1) is 12.8. The molecule has 2 aromatic heterocycles. The summed E-state index contributed by atoms with van der Waals surface area (Å²) in [6.07, 6.45) is 3.34. The third-order valence-corrected chi connectivity index (χ3v) is 6.29. The molecule has 0 saturated carbocycles. The van der Waals surface area contributed by atoms with Crippen LogP contribution in [0.25, 0.3) is 10.8 Å². The van der Waals surface area contributed by atoms with Crippen LogP contribution in [0.3, 0.4) is 0 Å². The van der Waals surface area contributed by atoms with Crippen LogP contribution in [-0.2, 0) is 4.79 Å². The van der Waals surface area contributed by atoms with Gasteiger partial charge in [0.25, 0.3) is 11.1 Å². The van der Waals surface area contributed by atoms with Gasteiger partial charge in [-0.1, -0.05) is 36.4 Å². The summed E-state index contributed by atoms with van der Waals surface area (Å²) in [5, 5.41) is 10.3. The Morgan fingerprint density at radius 3 is 2.62 bits per heavy atom. The largest absolute Gasteiger partial charge is 0.410 e. The summed E-state index contributed by atoms with van der Waals surface area (Å²) in [5.41, 5.74) is 0.962. The van der Waals surface area contributed by atoms with Gasteiger partial charge >= 0.3 is 0 Å². The van der Waals surface area contributed by atoms with Crippen molar-refractivity contribution in [2.75, 3.05) is 13.1 Å². The predicted octanol–water partition coefficient (Wildman–Crippen LogP) is 4.64. The summed E-state index contributed by atoms with van der Waals surface area (Å²) in [7, 11) is 0. The summed E-state index contributed by atoms with van der Waals surface area (Å²) in [5.74, 6) is 0.622. The highest BCUT2D eigenvalue weighted by Gasteiger charge is 2.29. The molecule has 0 unspecified atom stereocenters. The number of piperidine rings is 1. The van der Waals surface area contributed by atoms with Crippen molar-refractivity contribution in [2.24, 2.45) is 0 Å². The van der Waals surface area contributed by atoms with E-state index in [4.69, 9.17) is 4.42 Å². The zero-order valence-electron chi connectivity index (χ0n) is 14.2. The van der Waals surface area contributed by atoms with Crippen molar-refractivity contribution >= 4 is 29.0 Å². The highest BCUT2D eigenvalue weighted by molar-refractivity contribution is 8.00. The number of rotatable bonds is 5. The van der Waals surface area contributed by atoms with Gasteiger partial charge in [0, 0.05) is 13.1 Å². The Bertz CT molecular complexity index is 843. The minimum atomic E-state index is -0.370. The molecule has 0 N–H and O–H groups in total. The molecule has 1 fully saturated rings. The quantitative estimate of drug-likeness (QED) is 0.599. The van der Waals surface area contributed by atoms with Crippen LogP contribution in [0.15, 0.2) is 57.5 Å². The van der Waals surface area contributed by atoms with Gasteiger partial charge in [-0.2, -0.15) is 0 Å².